The fraction of sp³-hybridized carbons (Fsp3) is 0.300. The summed E-state index contributed by atoms with van der Waals surface area (Å²) in [6.45, 7) is 0.229. The second-order valence-electron chi connectivity index (χ2n) is 3.97. The van der Waals surface area contributed by atoms with Crippen molar-refractivity contribution >= 4 is 38.6 Å². The van der Waals surface area contributed by atoms with Crippen LogP contribution in [0.25, 0.3) is 0 Å². The van der Waals surface area contributed by atoms with Gasteiger partial charge in [0.05, 0.1) is 4.88 Å². The molecule has 20 heavy (non-hydrogen) atoms. The highest BCUT2D eigenvalue weighted by atomic mass is 32.2. The van der Waals surface area contributed by atoms with Crippen molar-refractivity contribution in [3.8, 4) is 0 Å². The molecule has 0 bridgehead atoms. The van der Waals surface area contributed by atoms with E-state index in [2.05, 4.69) is 14.8 Å². The van der Waals surface area contributed by atoms with Crippen LogP contribution in [0.5, 0.6) is 0 Å². The molecule has 0 saturated heterocycles. The van der Waals surface area contributed by atoms with E-state index in [1.165, 1.54) is 6.07 Å². The number of aromatic nitrogens is 3. The molecule has 0 aliphatic rings. The number of thiocarbonyl (C=S) groups is 1. The van der Waals surface area contributed by atoms with Crippen LogP contribution in [0.4, 0.5) is 0 Å². The number of nitrogens with two attached hydrogens (primary N) is 1. The molecule has 2 aromatic heterocycles. The van der Waals surface area contributed by atoms with Gasteiger partial charge in [-0.2, -0.15) is 5.10 Å². The zero-order valence-electron chi connectivity index (χ0n) is 10.6. The fourth-order valence-corrected chi connectivity index (χ4v) is 3.89. The number of rotatable bonds is 6. The largest absolute Gasteiger partial charge is 0.389 e. The van der Waals surface area contributed by atoms with Crippen molar-refractivity contribution in [1.29, 1.82) is 0 Å². The van der Waals surface area contributed by atoms with Gasteiger partial charge in [-0.3, -0.25) is 4.68 Å². The molecule has 0 aliphatic carbocycles. The highest BCUT2D eigenvalue weighted by Gasteiger charge is 2.17. The minimum atomic E-state index is -3.55. The van der Waals surface area contributed by atoms with Gasteiger partial charge in [0.25, 0.3) is 0 Å². The van der Waals surface area contributed by atoms with E-state index in [0.29, 0.717) is 17.1 Å². The normalized spacial score (nSPS) is 11.7. The quantitative estimate of drug-likeness (QED) is 0.724. The molecule has 0 atom stereocenters. The Kier molecular flexibility index (Phi) is 4.48. The number of hydrogen-bond donors (Lipinski definition) is 2. The Balaban J connectivity index is 1.98. The van der Waals surface area contributed by atoms with Gasteiger partial charge in [0.2, 0.25) is 10.0 Å². The molecule has 0 unspecified atom stereocenters. The second-order valence-corrected chi connectivity index (χ2v) is 7.48. The average Bonchev–Trinajstić information content (AvgIpc) is 2.98. The Morgan fingerprint density at radius 3 is 2.85 bits per heavy atom. The first-order valence-electron chi connectivity index (χ1n) is 5.62. The number of thiophene rings is 1. The van der Waals surface area contributed by atoms with Crippen LogP contribution in [0.2, 0.25) is 0 Å². The molecule has 0 aromatic carbocycles. The third-order valence-corrected chi connectivity index (χ3v) is 5.80. The number of sulfonamides is 1. The first kappa shape index (κ1) is 15.0. The zero-order valence-corrected chi connectivity index (χ0v) is 13.1. The molecule has 2 rings (SSSR count). The summed E-state index contributed by atoms with van der Waals surface area (Å²) in [4.78, 5) is 4.79. The van der Waals surface area contributed by atoms with Crippen molar-refractivity contribution in [1.82, 2.24) is 19.5 Å². The summed E-state index contributed by atoms with van der Waals surface area (Å²) < 4.78 is 28.3. The lowest BCUT2D eigenvalue weighted by atomic mass is 10.4. The maximum atomic E-state index is 12.0. The van der Waals surface area contributed by atoms with Crippen molar-refractivity contribution in [3.63, 3.8) is 0 Å². The highest BCUT2D eigenvalue weighted by molar-refractivity contribution is 7.91. The molecular formula is C10H13N5O2S3. The average molecular weight is 331 g/mol. The smallest absolute Gasteiger partial charge is 0.250 e. The van der Waals surface area contributed by atoms with Gasteiger partial charge in [-0.15, -0.1) is 11.3 Å². The number of hydrogen-bond acceptors (Lipinski definition) is 6. The molecule has 2 aromatic rings. The van der Waals surface area contributed by atoms with E-state index in [0.717, 1.165) is 11.3 Å². The standard InChI is InChI=1S/C10H13N5O2S3/c1-15-6-12-8(14-15)4-5-13-20(16,17)9-3-2-7(19-9)10(11)18/h2-3,6,13H,4-5H2,1H3,(H2,11,18). The fourth-order valence-electron chi connectivity index (χ4n) is 1.46. The van der Waals surface area contributed by atoms with Crippen LogP contribution >= 0.6 is 23.6 Å². The molecule has 0 spiro atoms. The van der Waals surface area contributed by atoms with Gasteiger partial charge in [0.15, 0.2) is 5.82 Å². The number of aryl methyl sites for hydroxylation is 1. The lowest BCUT2D eigenvalue weighted by Crippen LogP contribution is -2.25. The number of nitrogens with one attached hydrogen (secondary N) is 1. The maximum absolute atomic E-state index is 12.0. The molecule has 7 nitrogen and oxygen atoms in total. The van der Waals surface area contributed by atoms with Gasteiger partial charge >= 0.3 is 0 Å². The van der Waals surface area contributed by atoms with Crippen molar-refractivity contribution in [3.05, 3.63) is 29.2 Å². The molecular weight excluding hydrogens is 318 g/mol. The Morgan fingerprint density at radius 2 is 2.30 bits per heavy atom. The first-order valence-corrected chi connectivity index (χ1v) is 8.33. The SMILES string of the molecule is Cn1cnc(CCNS(=O)(=O)c2ccc(C(N)=S)s2)n1. The van der Waals surface area contributed by atoms with Crippen molar-refractivity contribution in [2.75, 3.05) is 6.54 Å². The lowest BCUT2D eigenvalue weighted by molar-refractivity contribution is 0.582. The molecule has 2 heterocycles. The van der Waals surface area contributed by atoms with Crippen molar-refractivity contribution < 1.29 is 8.42 Å². The minimum absolute atomic E-state index is 0.189. The van der Waals surface area contributed by atoms with E-state index in [-0.39, 0.29) is 15.7 Å². The van der Waals surface area contributed by atoms with Crippen LogP contribution in [0, 0.1) is 0 Å². The molecule has 0 amide bonds. The van der Waals surface area contributed by atoms with E-state index in [1.54, 1.807) is 24.1 Å². The second kappa shape index (κ2) is 5.95. The van der Waals surface area contributed by atoms with Gasteiger partial charge in [-0.05, 0) is 12.1 Å². The van der Waals surface area contributed by atoms with E-state index >= 15 is 0 Å². The zero-order chi connectivity index (χ0) is 14.8. The topological polar surface area (TPSA) is 103 Å². The number of nitrogens with zero attached hydrogens (tertiary/aromatic N) is 3. The van der Waals surface area contributed by atoms with Gasteiger partial charge < -0.3 is 5.73 Å². The molecule has 0 radical (unpaired) electrons. The predicted octanol–water partition coefficient (Wildman–Crippen LogP) is 0.0318. The van der Waals surface area contributed by atoms with Gasteiger partial charge in [0, 0.05) is 20.0 Å². The lowest BCUT2D eigenvalue weighted by Gasteiger charge is -2.02. The summed E-state index contributed by atoms with van der Waals surface area (Å²) >= 11 is 5.85. The molecule has 0 fully saturated rings. The summed E-state index contributed by atoms with van der Waals surface area (Å²) in [5, 5.41) is 4.07. The van der Waals surface area contributed by atoms with Crippen LogP contribution in [0.15, 0.2) is 22.7 Å². The minimum Gasteiger partial charge on any atom is -0.389 e. The van der Waals surface area contributed by atoms with Crippen molar-refractivity contribution in [2.24, 2.45) is 12.8 Å². The third-order valence-electron chi connectivity index (χ3n) is 2.38. The first-order chi connectivity index (χ1) is 9.38. The molecule has 108 valence electrons. The highest BCUT2D eigenvalue weighted by Crippen LogP contribution is 2.21. The third kappa shape index (κ3) is 3.60. The van der Waals surface area contributed by atoms with Crippen molar-refractivity contribution in [2.45, 2.75) is 10.6 Å². The monoisotopic (exact) mass is 331 g/mol. The Bertz CT molecular complexity index is 719. The van der Waals surface area contributed by atoms with Gasteiger partial charge in [-0.1, -0.05) is 12.2 Å². The molecule has 0 aliphatic heterocycles. The van der Waals surface area contributed by atoms with E-state index < -0.39 is 10.0 Å². The van der Waals surface area contributed by atoms with Crippen LogP contribution in [-0.4, -0.2) is 34.7 Å². The van der Waals surface area contributed by atoms with E-state index in [1.807, 2.05) is 0 Å². The Hall–Kier alpha value is -1.36. The summed E-state index contributed by atoms with van der Waals surface area (Å²) in [5.41, 5.74) is 5.46. The summed E-state index contributed by atoms with van der Waals surface area (Å²) in [7, 11) is -1.79. The van der Waals surface area contributed by atoms with E-state index in [9.17, 15) is 8.42 Å². The van der Waals surface area contributed by atoms with Crippen LogP contribution in [-0.2, 0) is 23.5 Å². The van der Waals surface area contributed by atoms with Gasteiger partial charge in [-0.25, -0.2) is 18.1 Å². The van der Waals surface area contributed by atoms with Crippen LogP contribution < -0.4 is 10.5 Å². The summed E-state index contributed by atoms with van der Waals surface area (Å²) in [6.07, 6.45) is 1.99. The van der Waals surface area contributed by atoms with Crippen LogP contribution in [0.3, 0.4) is 0 Å². The van der Waals surface area contributed by atoms with Gasteiger partial charge in [0.1, 0.15) is 15.5 Å². The van der Waals surface area contributed by atoms with Crippen LogP contribution in [0.1, 0.15) is 10.7 Å². The summed E-state index contributed by atoms with van der Waals surface area (Å²) in [5.74, 6) is 0.588. The molecule has 10 heteroatoms. The predicted molar refractivity (Wildman–Crippen MR) is 80.1 cm³/mol. The Labute approximate surface area is 125 Å². The molecule has 0 saturated carbocycles. The van der Waals surface area contributed by atoms with E-state index in [4.69, 9.17) is 18.0 Å². The molecule has 3 N–H and O–H groups in total. The summed E-state index contributed by atoms with van der Waals surface area (Å²) in [6, 6.07) is 3.09. The maximum Gasteiger partial charge on any atom is 0.250 e. The Morgan fingerprint density at radius 1 is 1.55 bits per heavy atom.